The third-order valence-electron chi connectivity index (χ3n) is 2.56. The van der Waals surface area contributed by atoms with Crippen molar-refractivity contribution in [1.82, 2.24) is 4.98 Å². The summed E-state index contributed by atoms with van der Waals surface area (Å²) >= 11 is 4.99. The summed E-state index contributed by atoms with van der Waals surface area (Å²) in [5.41, 5.74) is 7.46. The summed E-state index contributed by atoms with van der Waals surface area (Å²) in [6, 6.07) is 3.86. The lowest BCUT2D eigenvalue weighted by atomic mass is 10.2. The monoisotopic (exact) mass is 221 g/mol. The molecule has 1 fully saturated rings. The van der Waals surface area contributed by atoms with Gasteiger partial charge in [0, 0.05) is 12.2 Å². The quantitative estimate of drug-likeness (QED) is 0.762. The maximum Gasteiger partial charge on any atom is 0.136 e. The summed E-state index contributed by atoms with van der Waals surface area (Å²) in [6.07, 6.45) is 2.64. The van der Waals surface area contributed by atoms with Crippen LogP contribution in [0.25, 0.3) is 0 Å². The standard InChI is InChI=1S/C11H15N3S/c1-7-2-5-9(10(12)15)11(14-7)13-6-8-3-4-8/h2,5,8H,3-4,6H2,1H3,(H2,12,15)(H,13,14). The number of thiocarbonyl (C=S) groups is 1. The van der Waals surface area contributed by atoms with Crippen LogP contribution in [0.15, 0.2) is 12.1 Å². The molecule has 15 heavy (non-hydrogen) atoms. The molecule has 1 aromatic rings. The second kappa shape index (κ2) is 4.14. The fourth-order valence-electron chi connectivity index (χ4n) is 1.45. The minimum absolute atomic E-state index is 0.404. The molecule has 0 unspecified atom stereocenters. The van der Waals surface area contributed by atoms with E-state index >= 15 is 0 Å². The van der Waals surface area contributed by atoms with Gasteiger partial charge >= 0.3 is 0 Å². The van der Waals surface area contributed by atoms with E-state index in [9.17, 15) is 0 Å². The number of hydrogen-bond acceptors (Lipinski definition) is 3. The maximum absolute atomic E-state index is 5.64. The molecule has 0 bridgehead atoms. The summed E-state index contributed by atoms with van der Waals surface area (Å²) in [5, 5.41) is 3.32. The lowest BCUT2D eigenvalue weighted by Crippen LogP contribution is -2.16. The van der Waals surface area contributed by atoms with E-state index in [1.807, 2.05) is 19.1 Å². The molecule has 0 aliphatic heterocycles. The first-order valence-corrected chi connectivity index (χ1v) is 5.59. The van der Waals surface area contributed by atoms with Crippen molar-refractivity contribution in [2.45, 2.75) is 19.8 Å². The Bertz CT molecular complexity index is 385. The maximum atomic E-state index is 5.64. The van der Waals surface area contributed by atoms with Gasteiger partial charge in [-0.25, -0.2) is 4.98 Å². The van der Waals surface area contributed by atoms with Gasteiger partial charge in [0.2, 0.25) is 0 Å². The second-order valence-electron chi connectivity index (χ2n) is 4.04. The minimum Gasteiger partial charge on any atom is -0.389 e. The van der Waals surface area contributed by atoms with E-state index in [1.165, 1.54) is 12.8 Å². The van der Waals surface area contributed by atoms with Crippen LogP contribution < -0.4 is 11.1 Å². The highest BCUT2D eigenvalue weighted by Gasteiger charge is 2.21. The van der Waals surface area contributed by atoms with Crippen molar-refractivity contribution in [3.63, 3.8) is 0 Å². The molecule has 2 rings (SSSR count). The molecule has 4 heteroatoms. The molecule has 80 valence electrons. The van der Waals surface area contributed by atoms with Gasteiger partial charge in [-0.05, 0) is 37.8 Å². The average molecular weight is 221 g/mol. The van der Waals surface area contributed by atoms with Crippen LogP contribution in [0.1, 0.15) is 24.1 Å². The summed E-state index contributed by atoms with van der Waals surface area (Å²) in [5.74, 6) is 1.64. The zero-order chi connectivity index (χ0) is 10.8. The van der Waals surface area contributed by atoms with Gasteiger partial charge in [0.25, 0.3) is 0 Å². The molecule has 1 saturated carbocycles. The minimum atomic E-state index is 0.404. The first kappa shape index (κ1) is 10.4. The number of aromatic nitrogens is 1. The third kappa shape index (κ3) is 2.65. The van der Waals surface area contributed by atoms with E-state index in [0.29, 0.717) is 4.99 Å². The number of hydrogen-bond donors (Lipinski definition) is 2. The molecule has 1 aromatic heterocycles. The van der Waals surface area contributed by atoms with Crippen LogP contribution in [0.3, 0.4) is 0 Å². The summed E-state index contributed by atoms with van der Waals surface area (Å²) in [6.45, 7) is 2.94. The lowest BCUT2D eigenvalue weighted by molar-refractivity contribution is 0.881. The highest BCUT2D eigenvalue weighted by Crippen LogP contribution is 2.29. The Hall–Kier alpha value is -1.16. The molecule has 0 aromatic carbocycles. The third-order valence-corrected chi connectivity index (χ3v) is 2.77. The topological polar surface area (TPSA) is 50.9 Å². The van der Waals surface area contributed by atoms with Gasteiger partial charge in [-0.3, -0.25) is 0 Å². The molecular weight excluding hydrogens is 206 g/mol. The highest BCUT2D eigenvalue weighted by atomic mass is 32.1. The predicted octanol–water partition coefficient (Wildman–Crippen LogP) is 1.85. The van der Waals surface area contributed by atoms with E-state index in [1.54, 1.807) is 0 Å². The number of pyridine rings is 1. The summed E-state index contributed by atoms with van der Waals surface area (Å²) in [7, 11) is 0. The number of nitrogens with zero attached hydrogens (tertiary/aromatic N) is 1. The van der Waals surface area contributed by atoms with Crippen molar-refractivity contribution in [1.29, 1.82) is 0 Å². The van der Waals surface area contributed by atoms with Gasteiger partial charge in [0.1, 0.15) is 10.8 Å². The van der Waals surface area contributed by atoms with E-state index < -0.39 is 0 Å². The number of aryl methyl sites for hydroxylation is 1. The van der Waals surface area contributed by atoms with E-state index in [-0.39, 0.29) is 0 Å². The van der Waals surface area contributed by atoms with Crippen molar-refractivity contribution in [3.05, 3.63) is 23.4 Å². The normalized spacial score (nSPS) is 15.0. The SMILES string of the molecule is Cc1ccc(C(N)=S)c(NCC2CC2)n1. The number of nitrogens with two attached hydrogens (primary N) is 1. The smallest absolute Gasteiger partial charge is 0.136 e. The van der Waals surface area contributed by atoms with Crippen molar-refractivity contribution >= 4 is 23.0 Å². The van der Waals surface area contributed by atoms with Crippen molar-refractivity contribution in [2.75, 3.05) is 11.9 Å². The molecule has 3 nitrogen and oxygen atoms in total. The Labute approximate surface area is 95.1 Å². The Morgan fingerprint density at radius 2 is 2.33 bits per heavy atom. The Kier molecular flexibility index (Phi) is 2.86. The Balaban J connectivity index is 2.16. The van der Waals surface area contributed by atoms with Crippen LogP contribution >= 0.6 is 12.2 Å². The first-order valence-electron chi connectivity index (χ1n) is 5.18. The van der Waals surface area contributed by atoms with Gasteiger partial charge in [-0.1, -0.05) is 12.2 Å². The number of nitrogens with one attached hydrogen (secondary N) is 1. The zero-order valence-electron chi connectivity index (χ0n) is 8.79. The zero-order valence-corrected chi connectivity index (χ0v) is 9.60. The van der Waals surface area contributed by atoms with E-state index in [4.69, 9.17) is 18.0 Å². The van der Waals surface area contributed by atoms with Crippen LogP contribution in [0.2, 0.25) is 0 Å². The van der Waals surface area contributed by atoms with Crippen molar-refractivity contribution < 1.29 is 0 Å². The molecule has 0 spiro atoms. The Morgan fingerprint density at radius 3 is 2.93 bits per heavy atom. The molecule has 1 aliphatic carbocycles. The second-order valence-corrected chi connectivity index (χ2v) is 4.48. The van der Waals surface area contributed by atoms with E-state index in [0.717, 1.165) is 29.5 Å². The summed E-state index contributed by atoms with van der Waals surface area (Å²) in [4.78, 5) is 4.82. The average Bonchev–Trinajstić information content (AvgIpc) is 2.97. The van der Waals surface area contributed by atoms with Crippen LogP contribution in [-0.2, 0) is 0 Å². The molecule has 0 atom stereocenters. The van der Waals surface area contributed by atoms with Crippen LogP contribution in [-0.4, -0.2) is 16.5 Å². The van der Waals surface area contributed by atoms with E-state index in [2.05, 4.69) is 10.3 Å². The van der Waals surface area contributed by atoms with Crippen LogP contribution in [0, 0.1) is 12.8 Å². The molecule has 0 saturated heterocycles. The molecule has 0 amide bonds. The molecule has 0 radical (unpaired) electrons. The number of anilines is 1. The van der Waals surface area contributed by atoms with Gasteiger partial charge in [0.05, 0.1) is 5.56 Å². The summed E-state index contributed by atoms with van der Waals surface area (Å²) < 4.78 is 0. The lowest BCUT2D eigenvalue weighted by Gasteiger charge is -2.10. The predicted molar refractivity (Wildman–Crippen MR) is 66.1 cm³/mol. The van der Waals surface area contributed by atoms with Crippen molar-refractivity contribution in [3.8, 4) is 0 Å². The van der Waals surface area contributed by atoms with Gasteiger partial charge in [-0.15, -0.1) is 0 Å². The van der Waals surface area contributed by atoms with Gasteiger partial charge in [0.15, 0.2) is 0 Å². The molecule has 3 N–H and O–H groups in total. The van der Waals surface area contributed by atoms with Gasteiger partial charge < -0.3 is 11.1 Å². The molecule has 1 heterocycles. The fourth-order valence-corrected chi connectivity index (χ4v) is 1.62. The fraction of sp³-hybridized carbons (Fsp3) is 0.455. The Morgan fingerprint density at radius 1 is 1.60 bits per heavy atom. The number of rotatable bonds is 4. The van der Waals surface area contributed by atoms with Crippen LogP contribution in [0.5, 0.6) is 0 Å². The first-order chi connectivity index (χ1) is 7.16. The largest absolute Gasteiger partial charge is 0.389 e. The molecular formula is C11H15N3S. The highest BCUT2D eigenvalue weighted by molar-refractivity contribution is 7.80. The molecule has 1 aliphatic rings. The van der Waals surface area contributed by atoms with Crippen molar-refractivity contribution in [2.24, 2.45) is 11.7 Å². The van der Waals surface area contributed by atoms with Gasteiger partial charge in [-0.2, -0.15) is 0 Å². The van der Waals surface area contributed by atoms with Crippen LogP contribution in [0.4, 0.5) is 5.82 Å².